The van der Waals surface area contributed by atoms with E-state index < -0.39 is 60.8 Å². The van der Waals surface area contributed by atoms with Crippen LogP contribution in [0.2, 0.25) is 0 Å². The Morgan fingerprint density at radius 3 is 2.06 bits per heavy atom. The normalized spacial score (nSPS) is 13.4. The largest absolute Gasteiger partial charge is 0.508 e. The molecule has 1 aromatic carbocycles. The third-order valence-electron chi connectivity index (χ3n) is 4.23. The smallest absolute Gasteiger partial charge is 0.326 e. The van der Waals surface area contributed by atoms with Crippen LogP contribution >= 0.6 is 0 Å². The molecule has 12 heteroatoms. The van der Waals surface area contributed by atoms with Gasteiger partial charge in [0.15, 0.2) is 0 Å². The van der Waals surface area contributed by atoms with Crippen molar-refractivity contribution in [1.82, 2.24) is 16.0 Å². The van der Waals surface area contributed by atoms with E-state index in [0.717, 1.165) is 0 Å². The average Bonchev–Trinajstić information content (AvgIpc) is 2.71. The molecule has 3 amide bonds. The van der Waals surface area contributed by atoms with Gasteiger partial charge in [-0.3, -0.25) is 19.2 Å². The first-order valence-corrected chi connectivity index (χ1v) is 9.36. The zero-order valence-electron chi connectivity index (χ0n) is 16.8. The number of carbonyl (C=O) groups excluding carboxylic acids is 3. The summed E-state index contributed by atoms with van der Waals surface area (Å²) in [7, 11) is 0. The van der Waals surface area contributed by atoms with Gasteiger partial charge in [-0.15, -0.1) is 0 Å². The predicted molar refractivity (Wildman–Crippen MR) is 107 cm³/mol. The molecule has 0 aliphatic rings. The Morgan fingerprint density at radius 1 is 0.935 bits per heavy atom. The number of phenols is 1. The van der Waals surface area contributed by atoms with Crippen LogP contribution in [0.25, 0.3) is 0 Å². The summed E-state index contributed by atoms with van der Waals surface area (Å²) < 4.78 is 0. The summed E-state index contributed by atoms with van der Waals surface area (Å²) in [5.41, 5.74) is 5.74. The monoisotopic (exact) mass is 438 g/mol. The lowest BCUT2D eigenvalue weighted by atomic mass is 10.1. The molecule has 0 aromatic heterocycles. The van der Waals surface area contributed by atoms with E-state index in [0.29, 0.717) is 5.56 Å². The van der Waals surface area contributed by atoms with Gasteiger partial charge in [0.2, 0.25) is 17.7 Å². The molecule has 0 spiro atoms. The molecule has 0 bridgehead atoms. The SMILES string of the molecule is CC(NC(=O)C(CCC(=O)O)NC(=O)CN)C(=O)NC(Cc1ccc(O)cc1)C(=O)O. The minimum absolute atomic E-state index is 0.00942. The number of carboxylic acid groups (broad SMARTS) is 2. The fourth-order valence-electron chi connectivity index (χ4n) is 2.53. The van der Waals surface area contributed by atoms with Crippen molar-refractivity contribution in [3.63, 3.8) is 0 Å². The van der Waals surface area contributed by atoms with Crippen LogP contribution in [0, 0.1) is 0 Å². The molecule has 0 aliphatic heterocycles. The topological polar surface area (TPSA) is 208 Å². The van der Waals surface area contributed by atoms with Crippen LogP contribution in [-0.4, -0.2) is 69.7 Å². The van der Waals surface area contributed by atoms with Gasteiger partial charge in [-0.2, -0.15) is 0 Å². The van der Waals surface area contributed by atoms with Crippen LogP contribution < -0.4 is 21.7 Å². The summed E-state index contributed by atoms with van der Waals surface area (Å²) in [5, 5.41) is 34.4. The van der Waals surface area contributed by atoms with Crippen LogP contribution in [0.4, 0.5) is 0 Å². The van der Waals surface area contributed by atoms with E-state index in [2.05, 4.69) is 16.0 Å². The van der Waals surface area contributed by atoms with Gasteiger partial charge >= 0.3 is 11.9 Å². The Hall–Kier alpha value is -3.67. The number of phenolic OH excluding ortho intramolecular Hbond substituents is 1. The van der Waals surface area contributed by atoms with E-state index in [-0.39, 0.29) is 18.6 Å². The van der Waals surface area contributed by atoms with Gasteiger partial charge in [0.05, 0.1) is 6.54 Å². The molecule has 0 saturated heterocycles. The van der Waals surface area contributed by atoms with E-state index in [1.165, 1.54) is 31.2 Å². The summed E-state index contributed by atoms with van der Waals surface area (Å²) in [4.78, 5) is 58.5. The molecule has 0 saturated carbocycles. The van der Waals surface area contributed by atoms with E-state index in [9.17, 15) is 34.2 Å². The Labute approximate surface area is 177 Å². The molecule has 0 aliphatic carbocycles. The van der Waals surface area contributed by atoms with E-state index in [1.54, 1.807) is 0 Å². The van der Waals surface area contributed by atoms with E-state index in [4.69, 9.17) is 10.8 Å². The van der Waals surface area contributed by atoms with Crippen molar-refractivity contribution >= 4 is 29.7 Å². The van der Waals surface area contributed by atoms with Gasteiger partial charge in [-0.25, -0.2) is 4.79 Å². The van der Waals surface area contributed by atoms with Crippen molar-refractivity contribution in [2.75, 3.05) is 6.54 Å². The number of nitrogens with one attached hydrogen (secondary N) is 3. The Morgan fingerprint density at radius 2 is 1.55 bits per heavy atom. The first kappa shape index (κ1) is 25.4. The van der Waals surface area contributed by atoms with E-state index >= 15 is 0 Å². The molecule has 0 fully saturated rings. The molecule has 8 N–H and O–H groups in total. The minimum Gasteiger partial charge on any atom is -0.508 e. The van der Waals surface area contributed by atoms with E-state index in [1.807, 2.05) is 0 Å². The van der Waals surface area contributed by atoms with Gasteiger partial charge in [-0.1, -0.05) is 12.1 Å². The summed E-state index contributed by atoms with van der Waals surface area (Å²) in [5.74, 6) is -4.74. The van der Waals surface area contributed by atoms with Crippen LogP contribution in [0.3, 0.4) is 0 Å². The summed E-state index contributed by atoms with van der Waals surface area (Å²) in [6.07, 6.45) is -0.688. The van der Waals surface area contributed by atoms with Crippen molar-refractivity contribution in [2.24, 2.45) is 5.73 Å². The van der Waals surface area contributed by atoms with Crippen molar-refractivity contribution in [3.05, 3.63) is 29.8 Å². The van der Waals surface area contributed by atoms with Crippen molar-refractivity contribution in [3.8, 4) is 5.75 Å². The zero-order chi connectivity index (χ0) is 23.6. The van der Waals surface area contributed by atoms with Crippen LogP contribution in [0.15, 0.2) is 24.3 Å². The number of carboxylic acids is 2. The van der Waals surface area contributed by atoms with Crippen molar-refractivity contribution < 1.29 is 39.3 Å². The fraction of sp³-hybridized carbons (Fsp3) is 0.421. The molecule has 0 radical (unpaired) electrons. The van der Waals surface area contributed by atoms with Gasteiger partial charge in [-0.05, 0) is 31.0 Å². The highest BCUT2D eigenvalue weighted by Crippen LogP contribution is 2.11. The summed E-state index contributed by atoms with van der Waals surface area (Å²) in [6.45, 7) is 0.899. The average molecular weight is 438 g/mol. The maximum Gasteiger partial charge on any atom is 0.326 e. The molecule has 3 atom stereocenters. The molecular formula is C19H26N4O8. The molecular weight excluding hydrogens is 412 g/mol. The van der Waals surface area contributed by atoms with Crippen molar-refractivity contribution in [2.45, 2.75) is 44.3 Å². The third kappa shape index (κ3) is 9.12. The number of rotatable bonds is 12. The third-order valence-corrected chi connectivity index (χ3v) is 4.23. The highest BCUT2D eigenvalue weighted by atomic mass is 16.4. The number of hydrogen-bond acceptors (Lipinski definition) is 7. The van der Waals surface area contributed by atoms with Gasteiger partial charge in [0, 0.05) is 12.8 Å². The Bertz CT molecular complexity index is 812. The van der Waals surface area contributed by atoms with Gasteiger partial charge in [0.25, 0.3) is 0 Å². The van der Waals surface area contributed by atoms with Crippen LogP contribution in [0.1, 0.15) is 25.3 Å². The lowest BCUT2D eigenvalue weighted by Gasteiger charge is -2.22. The second kappa shape index (κ2) is 12.1. The molecule has 12 nitrogen and oxygen atoms in total. The number of nitrogens with two attached hydrogens (primary N) is 1. The highest BCUT2D eigenvalue weighted by Gasteiger charge is 2.27. The maximum atomic E-state index is 12.4. The lowest BCUT2D eigenvalue weighted by molar-refractivity contribution is -0.142. The number of hydrogen-bond donors (Lipinski definition) is 7. The van der Waals surface area contributed by atoms with Gasteiger partial charge < -0.3 is 37.0 Å². The summed E-state index contributed by atoms with van der Waals surface area (Å²) in [6, 6.07) is 2.09. The molecule has 0 heterocycles. The number of carbonyl (C=O) groups is 5. The first-order chi connectivity index (χ1) is 14.5. The second-order valence-corrected chi connectivity index (χ2v) is 6.76. The molecule has 1 aromatic rings. The quantitative estimate of drug-likeness (QED) is 0.198. The van der Waals surface area contributed by atoms with Crippen LogP contribution in [-0.2, 0) is 30.4 Å². The highest BCUT2D eigenvalue weighted by molar-refractivity contribution is 5.93. The van der Waals surface area contributed by atoms with Crippen LogP contribution in [0.5, 0.6) is 5.75 Å². The number of benzene rings is 1. The molecule has 31 heavy (non-hydrogen) atoms. The lowest BCUT2D eigenvalue weighted by Crippen LogP contribution is -2.55. The fourth-order valence-corrected chi connectivity index (χ4v) is 2.53. The van der Waals surface area contributed by atoms with Gasteiger partial charge in [0.1, 0.15) is 23.9 Å². The number of aliphatic carboxylic acids is 2. The molecule has 1 rings (SSSR count). The minimum atomic E-state index is -1.30. The molecule has 170 valence electrons. The zero-order valence-corrected chi connectivity index (χ0v) is 16.8. The Balaban J connectivity index is 2.75. The first-order valence-electron chi connectivity index (χ1n) is 9.36. The maximum absolute atomic E-state index is 12.4. The number of aromatic hydroxyl groups is 1. The Kier molecular flexibility index (Phi) is 9.92. The van der Waals surface area contributed by atoms with Crippen molar-refractivity contribution in [1.29, 1.82) is 0 Å². The molecule has 3 unspecified atom stereocenters. The predicted octanol–water partition coefficient (Wildman–Crippen LogP) is -1.68. The second-order valence-electron chi connectivity index (χ2n) is 6.76. The standard InChI is InChI=1S/C19H26N4O8/c1-10(21-18(29)13(6-7-16(26)27)22-15(25)9-20)17(28)23-14(19(30)31)8-11-2-4-12(24)5-3-11/h2-5,10,13-14,24H,6-9,20H2,1H3,(H,21,29)(H,22,25)(H,23,28)(H,26,27)(H,30,31). The summed E-state index contributed by atoms with van der Waals surface area (Å²) >= 11 is 0. The number of amides is 3.